The number of para-hydroxylation sites is 1. The van der Waals surface area contributed by atoms with E-state index in [1.165, 1.54) is 0 Å². The van der Waals surface area contributed by atoms with E-state index in [4.69, 9.17) is 0 Å². The van der Waals surface area contributed by atoms with Gasteiger partial charge in [-0.2, -0.15) is 0 Å². The van der Waals surface area contributed by atoms with Gasteiger partial charge in [-0.1, -0.05) is 18.2 Å². The molecule has 98 valence electrons. The van der Waals surface area contributed by atoms with Crippen molar-refractivity contribution >= 4 is 23.4 Å². The van der Waals surface area contributed by atoms with E-state index in [1.807, 2.05) is 24.3 Å². The molecule has 0 aliphatic carbocycles. The van der Waals surface area contributed by atoms with Crippen LogP contribution in [-0.2, 0) is 20.8 Å². The van der Waals surface area contributed by atoms with Gasteiger partial charge in [-0.25, -0.2) is 0 Å². The Kier molecular flexibility index (Phi) is 2.81. The lowest BCUT2D eigenvalue weighted by Gasteiger charge is -2.20. The number of amides is 3. The van der Waals surface area contributed by atoms with Gasteiger partial charge in [0.25, 0.3) is 0 Å². The predicted molar refractivity (Wildman–Crippen MR) is 68.5 cm³/mol. The predicted octanol–water partition coefficient (Wildman–Crippen LogP) is 0.725. The smallest absolute Gasteiger partial charge is 0.247 e. The van der Waals surface area contributed by atoms with Crippen LogP contribution in [0.3, 0.4) is 0 Å². The number of hydrogen-bond acceptors (Lipinski definition) is 3. The molecule has 0 atom stereocenters. The second-order valence-corrected chi connectivity index (χ2v) is 4.80. The molecule has 0 aromatic heterocycles. The fraction of sp³-hybridized carbons (Fsp3) is 0.357. The topological polar surface area (TPSA) is 57.7 Å². The van der Waals surface area contributed by atoms with Gasteiger partial charge in [0.1, 0.15) is 6.54 Å². The van der Waals surface area contributed by atoms with Crippen LogP contribution in [0.1, 0.15) is 18.4 Å². The van der Waals surface area contributed by atoms with Crippen molar-refractivity contribution in [2.75, 3.05) is 18.0 Å². The summed E-state index contributed by atoms with van der Waals surface area (Å²) in [7, 11) is 0. The molecule has 0 saturated carbocycles. The average molecular weight is 258 g/mol. The summed E-state index contributed by atoms with van der Waals surface area (Å²) >= 11 is 0. The number of rotatable bonds is 2. The van der Waals surface area contributed by atoms with Crippen molar-refractivity contribution in [2.24, 2.45) is 0 Å². The van der Waals surface area contributed by atoms with Crippen LogP contribution in [0.5, 0.6) is 0 Å². The van der Waals surface area contributed by atoms with Gasteiger partial charge in [0.2, 0.25) is 17.7 Å². The number of benzene rings is 1. The van der Waals surface area contributed by atoms with Crippen molar-refractivity contribution in [2.45, 2.75) is 19.3 Å². The zero-order valence-electron chi connectivity index (χ0n) is 10.5. The highest BCUT2D eigenvalue weighted by atomic mass is 16.2. The van der Waals surface area contributed by atoms with E-state index < -0.39 is 0 Å². The molecule has 1 fully saturated rings. The van der Waals surface area contributed by atoms with E-state index >= 15 is 0 Å². The summed E-state index contributed by atoms with van der Waals surface area (Å²) in [6.07, 6.45) is 1.27. The summed E-state index contributed by atoms with van der Waals surface area (Å²) in [5.74, 6) is -0.676. The highest BCUT2D eigenvalue weighted by molar-refractivity contribution is 6.07. The molecule has 0 spiro atoms. The average Bonchev–Trinajstić information content (AvgIpc) is 2.97. The summed E-state index contributed by atoms with van der Waals surface area (Å²) in [4.78, 5) is 38.0. The molecular weight excluding hydrogens is 244 g/mol. The highest BCUT2D eigenvalue weighted by Gasteiger charge is 2.33. The summed E-state index contributed by atoms with van der Waals surface area (Å²) in [5, 5.41) is 0. The number of anilines is 1. The van der Waals surface area contributed by atoms with Gasteiger partial charge in [0, 0.05) is 25.1 Å². The zero-order chi connectivity index (χ0) is 13.4. The third-order valence-corrected chi connectivity index (χ3v) is 3.64. The molecule has 19 heavy (non-hydrogen) atoms. The van der Waals surface area contributed by atoms with Crippen LogP contribution in [0.25, 0.3) is 0 Å². The molecule has 2 aliphatic rings. The van der Waals surface area contributed by atoms with E-state index in [0.717, 1.165) is 22.6 Å². The molecular formula is C14H14N2O3. The van der Waals surface area contributed by atoms with Gasteiger partial charge in [-0.05, 0) is 18.1 Å². The Bertz CT molecular complexity index is 552. The Morgan fingerprint density at radius 1 is 1.05 bits per heavy atom. The van der Waals surface area contributed by atoms with Crippen LogP contribution < -0.4 is 4.90 Å². The Balaban J connectivity index is 1.76. The Hall–Kier alpha value is -2.17. The SMILES string of the molecule is O=C1CCC(=O)N1CC(=O)N1CCc2ccccc21. The number of carbonyl (C=O) groups excluding carboxylic acids is 3. The van der Waals surface area contributed by atoms with Crippen LogP contribution in [0.2, 0.25) is 0 Å². The summed E-state index contributed by atoms with van der Waals surface area (Å²) in [6.45, 7) is 0.487. The second kappa shape index (κ2) is 4.50. The molecule has 0 bridgehead atoms. The first-order chi connectivity index (χ1) is 9.16. The minimum Gasteiger partial charge on any atom is -0.310 e. The molecule has 0 radical (unpaired) electrons. The van der Waals surface area contributed by atoms with Crippen molar-refractivity contribution in [3.05, 3.63) is 29.8 Å². The molecule has 3 rings (SSSR count). The van der Waals surface area contributed by atoms with Gasteiger partial charge in [0.05, 0.1) is 0 Å². The summed E-state index contributed by atoms with van der Waals surface area (Å²) < 4.78 is 0. The minimum absolute atomic E-state index is 0.133. The number of likely N-dealkylation sites (tertiary alicyclic amines) is 1. The monoisotopic (exact) mass is 258 g/mol. The van der Waals surface area contributed by atoms with Gasteiger partial charge in [-0.3, -0.25) is 19.3 Å². The molecule has 1 aromatic carbocycles. The maximum absolute atomic E-state index is 12.2. The first kappa shape index (κ1) is 11.9. The molecule has 2 heterocycles. The second-order valence-electron chi connectivity index (χ2n) is 4.80. The fourth-order valence-corrected chi connectivity index (χ4v) is 2.62. The maximum atomic E-state index is 12.2. The van der Waals surface area contributed by atoms with Crippen molar-refractivity contribution in [1.29, 1.82) is 0 Å². The van der Waals surface area contributed by atoms with E-state index in [0.29, 0.717) is 6.54 Å². The molecule has 0 unspecified atom stereocenters. The minimum atomic E-state index is -0.245. The zero-order valence-corrected chi connectivity index (χ0v) is 10.5. The maximum Gasteiger partial charge on any atom is 0.247 e. The van der Waals surface area contributed by atoms with Crippen molar-refractivity contribution in [3.8, 4) is 0 Å². The Labute approximate surface area is 110 Å². The van der Waals surface area contributed by atoms with Crippen LogP contribution in [-0.4, -0.2) is 35.7 Å². The van der Waals surface area contributed by atoms with Gasteiger partial charge >= 0.3 is 0 Å². The number of fused-ring (bicyclic) bond motifs is 1. The lowest BCUT2D eigenvalue weighted by molar-refractivity contribution is -0.141. The third kappa shape index (κ3) is 2.01. The third-order valence-electron chi connectivity index (χ3n) is 3.64. The van der Waals surface area contributed by atoms with Crippen molar-refractivity contribution in [1.82, 2.24) is 4.90 Å². The van der Waals surface area contributed by atoms with Crippen LogP contribution >= 0.6 is 0 Å². The largest absolute Gasteiger partial charge is 0.310 e. The molecule has 1 saturated heterocycles. The van der Waals surface area contributed by atoms with Gasteiger partial charge < -0.3 is 4.90 Å². The van der Waals surface area contributed by atoms with E-state index in [9.17, 15) is 14.4 Å². The van der Waals surface area contributed by atoms with Crippen molar-refractivity contribution < 1.29 is 14.4 Å². The molecule has 5 nitrogen and oxygen atoms in total. The lowest BCUT2D eigenvalue weighted by Crippen LogP contribution is -2.41. The number of nitrogens with zero attached hydrogens (tertiary/aromatic N) is 2. The Morgan fingerprint density at radius 2 is 1.74 bits per heavy atom. The molecule has 3 amide bonds. The van der Waals surface area contributed by atoms with Gasteiger partial charge in [-0.15, -0.1) is 0 Å². The quantitative estimate of drug-likeness (QED) is 0.735. The number of carbonyl (C=O) groups is 3. The number of hydrogen-bond donors (Lipinski definition) is 0. The van der Waals surface area contributed by atoms with Crippen LogP contribution in [0.4, 0.5) is 5.69 Å². The van der Waals surface area contributed by atoms with Gasteiger partial charge in [0.15, 0.2) is 0 Å². The highest BCUT2D eigenvalue weighted by Crippen LogP contribution is 2.27. The molecule has 0 N–H and O–H groups in total. The fourth-order valence-electron chi connectivity index (χ4n) is 2.62. The molecule has 2 aliphatic heterocycles. The number of imide groups is 1. The van der Waals surface area contributed by atoms with Crippen molar-refractivity contribution in [3.63, 3.8) is 0 Å². The van der Waals surface area contributed by atoms with E-state index in [-0.39, 0.29) is 37.1 Å². The standard InChI is InChI=1S/C14H14N2O3/c17-12-5-6-13(18)16(12)9-14(19)15-8-7-10-3-1-2-4-11(10)15/h1-4H,5-9H2. The molecule has 5 heteroatoms. The lowest BCUT2D eigenvalue weighted by atomic mass is 10.2. The first-order valence-corrected chi connectivity index (χ1v) is 6.38. The summed E-state index contributed by atoms with van der Waals surface area (Å²) in [6, 6.07) is 7.72. The van der Waals surface area contributed by atoms with Crippen LogP contribution in [0, 0.1) is 0 Å². The first-order valence-electron chi connectivity index (χ1n) is 6.38. The Morgan fingerprint density at radius 3 is 2.47 bits per heavy atom. The normalized spacial score (nSPS) is 18.1. The van der Waals surface area contributed by atoms with E-state index in [2.05, 4.69) is 0 Å². The van der Waals surface area contributed by atoms with E-state index in [1.54, 1.807) is 4.90 Å². The van der Waals surface area contributed by atoms with Crippen LogP contribution in [0.15, 0.2) is 24.3 Å². The molecule has 1 aromatic rings. The summed E-state index contributed by atoms with van der Waals surface area (Å²) in [5.41, 5.74) is 2.03.